The zero-order valence-corrected chi connectivity index (χ0v) is 15.3. The van der Waals surface area contributed by atoms with Gasteiger partial charge in [0, 0.05) is 12.0 Å². The number of nitrogens with zero attached hydrogens (tertiary/aromatic N) is 1. The van der Waals surface area contributed by atoms with Crippen LogP contribution in [0, 0.1) is 6.92 Å². The highest BCUT2D eigenvalue weighted by Crippen LogP contribution is 2.26. The molecule has 6 heteroatoms. The van der Waals surface area contributed by atoms with Gasteiger partial charge in [-0.2, -0.15) is 0 Å². The average molecular weight is 367 g/mol. The van der Waals surface area contributed by atoms with Crippen molar-refractivity contribution in [1.29, 1.82) is 0 Å². The lowest BCUT2D eigenvalue weighted by atomic mass is 10.1. The summed E-state index contributed by atoms with van der Waals surface area (Å²) in [4.78, 5) is 15.1. The van der Waals surface area contributed by atoms with Gasteiger partial charge < -0.3 is 19.0 Å². The minimum absolute atomic E-state index is 0.116. The van der Waals surface area contributed by atoms with E-state index in [1.807, 2.05) is 55.5 Å². The molecule has 3 aromatic rings. The predicted octanol–water partition coefficient (Wildman–Crippen LogP) is 4.25. The number of hydrogen-bond donors (Lipinski definition) is 1. The van der Waals surface area contributed by atoms with Crippen LogP contribution in [0.4, 0.5) is 0 Å². The first-order chi connectivity index (χ1) is 13.0. The monoisotopic (exact) mass is 367 g/mol. The number of carboxylic acids is 1. The van der Waals surface area contributed by atoms with E-state index in [1.165, 1.54) is 0 Å². The molecule has 27 heavy (non-hydrogen) atoms. The lowest BCUT2D eigenvalue weighted by molar-refractivity contribution is -0.136. The molecule has 0 spiro atoms. The van der Waals surface area contributed by atoms with E-state index in [4.69, 9.17) is 19.0 Å². The van der Waals surface area contributed by atoms with Gasteiger partial charge in [0.05, 0.1) is 12.8 Å². The number of ether oxygens (including phenoxy) is 2. The summed E-state index contributed by atoms with van der Waals surface area (Å²) < 4.78 is 16.9. The zero-order valence-electron chi connectivity index (χ0n) is 15.3. The van der Waals surface area contributed by atoms with Crippen LogP contribution in [0.25, 0.3) is 11.5 Å². The highest BCUT2D eigenvalue weighted by Gasteiger charge is 2.13. The van der Waals surface area contributed by atoms with Gasteiger partial charge in [0.15, 0.2) is 5.76 Å². The molecule has 1 aromatic heterocycles. The van der Waals surface area contributed by atoms with E-state index in [0.717, 1.165) is 22.6 Å². The lowest BCUT2D eigenvalue weighted by Crippen LogP contribution is -1.98. The number of aliphatic carboxylic acids is 1. The highest BCUT2D eigenvalue weighted by atomic mass is 16.5. The number of benzene rings is 2. The third-order valence-electron chi connectivity index (χ3n) is 4.13. The second-order valence-corrected chi connectivity index (χ2v) is 6.09. The Kier molecular flexibility index (Phi) is 5.76. The van der Waals surface area contributed by atoms with E-state index in [9.17, 15) is 4.79 Å². The van der Waals surface area contributed by atoms with Crippen molar-refractivity contribution >= 4 is 5.97 Å². The molecule has 0 unspecified atom stereocenters. The van der Waals surface area contributed by atoms with Gasteiger partial charge in [-0.3, -0.25) is 4.79 Å². The van der Waals surface area contributed by atoms with E-state index in [-0.39, 0.29) is 13.0 Å². The summed E-state index contributed by atoms with van der Waals surface area (Å²) in [5.74, 6) is 1.80. The maximum absolute atomic E-state index is 10.6. The summed E-state index contributed by atoms with van der Waals surface area (Å²) in [6.45, 7) is 2.14. The molecule has 6 nitrogen and oxygen atoms in total. The molecular formula is C21H21NO5. The molecule has 0 radical (unpaired) electrons. The van der Waals surface area contributed by atoms with Crippen molar-refractivity contribution in [3.05, 3.63) is 65.5 Å². The molecule has 0 atom stereocenters. The van der Waals surface area contributed by atoms with Crippen LogP contribution >= 0.6 is 0 Å². The maximum atomic E-state index is 10.6. The van der Waals surface area contributed by atoms with Crippen LogP contribution in [-0.2, 0) is 17.8 Å². The van der Waals surface area contributed by atoms with Crippen molar-refractivity contribution in [2.24, 2.45) is 0 Å². The van der Waals surface area contributed by atoms with Crippen LogP contribution in [-0.4, -0.2) is 23.2 Å². The Bertz CT molecular complexity index is 915. The lowest BCUT2D eigenvalue weighted by Gasteiger charge is -2.06. The molecule has 0 saturated carbocycles. The van der Waals surface area contributed by atoms with E-state index < -0.39 is 5.97 Å². The number of carbonyl (C=O) groups is 1. The minimum atomic E-state index is -0.803. The topological polar surface area (TPSA) is 81.8 Å². The number of aryl methyl sites for hydroxylation is 2. The summed E-state index contributed by atoms with van der Waals surface area (Å²) in [6.07, 6.45) is 0.616. The fourth-order valence-electron chi connectivity index (χ4n) is 2.59. The first-order valence-electron chi connectivity index (χ1n) is 8.59. The summed E-state index contributed by atoms with van der Waals surface area (Å²) in [6, 6.07) is 14.9. The number of carboxylic acid groups (broad SMARTS) is 1. The fraction of sp³-hybridized carbons (Fsp3) is 0.238. The van der Waals surface area contributed by atoms with Crippen molar-refractivity contribution in [2.45, 2.75) is 26.4 Å². The van der Waals surface area contributed by atoms with Gasteiger partial charge in [-0.1, -0.05) is 18.2 Å². The Hall–Kier alpha value is -3.28. The van der Waals surface area contributed by atoms with Gasteiger partial charge in [-0.05, 0) is 49.2 Å². The third-order valence-corrected chi connectivity index (χ3v) is 4.13. The van der Waals surface area contributed by atoms with Crippen LogP contribution in [0.5, 0.6) is 11.5 Å². The zero-order chi connectivity index (χ0) is 19.2. The molecule has 1 heterocycles. The maximum Gasteiger partial charge on any atom is 0.303 e. The Morgan fingerprint density at radius 2 is 1.93 bits per heavy atom. The summed E-state index contributed by atoms with van der Waals surface area (Å²) in [5, 5.41) is 8.73. The Morgan fingerprint density at radius 3 is 2.63 bits per heavy atom. The summed E-state index contributed by atoms with van der Waals surface area (Å²) >= 11 is 0. The Balaban J connectivity index is 1.64. The molecule has 0 saturated heterocycles. The van der Waals surface area contributed by atoms with E-state index in [0.29, 0.717) is 23.8 Å². The molecule has 1 N–H and O–H groups in total. The molecule has 0 amide bonds. The van der Waals surface area contributed by atoms with Gasteiger partial charge in [-0.15, -0.1) is 0 Å². The quantitative estimate of drug-likeness (QED) is 0.641. The first-order valence-corrected chi connectivity index (χ1v) is 8.59. The molecule has 2 aromatic carbocycles. The number of aromatic nitrogens is 1. The first kappa shape index (κ1) is 18.5. The van der Waals surface area contributed by atoms with Crippen LogP contribution < -0.4 is 9.47 Å². The minimum Gasteiger partial charge on any atom is -0.497 e. The smallest absolute Gasteiger partial charge is 0.303 e. The fourth-order valence-corrected chi connectivity index (χ4v) is 2.59. The number of rotatable bonds is 8. The molecule has 0 bridgehead atoms. The molecular weight excluding hydrogens is 346 g/mol. The van der Waals surface area contributed by atoms with Crippen molar-refractivity contribution in [3.8, 4) is 23.0 Å². The van der Waals surface area contributed by atoms with Crippen molar-refractivity contribution in [1.82, 2.24) is 4.98 Å². The van der Waals surface area contributed by atoms with Crippen LogP contribution in [0.1, 0.15) is 23.4 Å². The Labute approximate surface area is 157 Å². The molecule has 140 valence electrons. The number of oxazole rings is 1. The average Bonchev–Trinajstić information content (AvgIpc) is 3.06. The van der Waals surface area contributed by atoms with E-state index in [1.54, 1.807) is 7.11 Å². The largest absolute Gasteiger partial charge is 0.497 e. The second-order valence-electron chi connectivity index (χ2n) is 6.09. The third kappa shape index (κ3) is 4.88. The predicted molar refractivity (Wildman–Crippen MR) is 100.0 cm³/mol. The van der Waals surface area contributed by atoms with Gasteiger partial charge in [-0.25, -0.2) is 4.98 Å². The van der Waals surface area contributed by atoms with Gasteiger partial charge >= 0.3 is 5.97 Å². The van der Waals surface area contributed by atoms with Gasteiger partial charge in [0.1, 0.15) is 18.1 Å². The highest BCUT2D eigenvalue weighted by molar-refractivity contribution is 5.67. The normalized spacial score (nSPS) is 10.6. The van der Waals surface area contributed by atoms with Crippen LogP contribution in [0.2, 0.25) is 0 Å². The van der Waals surface area contributed by atoms with Gasteiger partial charge in [0.2, 0.25) is 5.89 Å². The number of hydrogen-bond acceptors (Lipinski definition) is 5. The van der Waals surface area contributed by atoms with Crippen molar-refractivity contribution in [3.63, 3.8) is 0 Å². The molecule has 0 fully saturated rings. The van der Waals surface area contributed by atoms with Crippen LogP contribution in [0.15, 0.2) is 52.9 Å². The van der Waals surface area contributed by atoms with Crippen LogP contribution in [0.3, 0.4) is 0 Å². The summed E-state index contributed by atoms with van der Waals surface area (Å²) in [5.41, 5.74) is 2.57. The SMILES string of the molecule is COc1cccc(-c2nc(C)c(COc3ccc(CCC(=O)O)cc3)o2)c1. The molecule has 0 aliphatic carbocycles. The van der Waals surface area contributed by atoms with Gasteiger partial charge in [0.25, 0.3) is 0 Å². The van der Waals surface area contributed by atoms with Crippen molar-refractivity contribution < 1.29 is 23.8 Å². The van der Waals surface area contributed by atoms with E-state index in [2.05, 4.69) is 4.98 Å². The second kappa shape index (κ2) is 8.40. The standard InChI is InChI=1S/C21H21NO5/c1-14-19(27-21(22-14)16-4-3-5-18(12-16)25-2)13-26-17-9-6-15(7-10-17)8-11-20(23)24/h3-7,9-10,12H,8,11,13H2,1-2H3,(H,23,24). The Morgan fingerprint density at radius 1 is 1.15 bits per heavy atom. The molecule has 3 rings (SSSR count). The molecule has 0 aliphatic heterocycles. The summed E-state index contributed by atoms with van der Waals surface area (Å²) in [7, 11) is 1.62. The van der Waals surface area contributed by atoms with E-state index >= 15 is 0 Å². The van der Waals surface area contributed by atoms with Crippen molar-refractivity contribution in [2.75, 3.05) is 7.11 Å². The number of methoxy groups -OCH3 is 1. The molecule has 0 aliphatic rings.